The largest absolute Gasteiger partial charge is 0.465 e. The first-order valence-corrected chi connectivity index (χ1v) is 9.79. The van der Waals surface area contributed by atoms with Crippen molar-refractivity contribution in [3.63, 3.8) is 0 Å². The lowest BCUT2D eigenvalue weighted by Crippen LogP contribution is -2.31. The Hall–Kier alpha value is -1.41. The summed E-state index contributed by atoms with van der Waals surface area (Å²) >= 11 is 0. The molecule has 1 aromatic rings. The van der Waals surface area contributed by atoms with Gasteiger partial charge in [-0.05, 0) is 37.6 Å². The van der Waals surface area contributed by atoms with Crippen molar-refractivity contribution in [1.82, 2.24) is 0 Å². The third kappa shape index (κ3) is 4.04. The molecule has 0 bridgehead atoms. The van der Waals surface area contributed by atoms with E-state index < -0.39 is 30.9 Å². The van der Waals surface area contributed by atoms with Crippen LogP contribution in [0, 0.1) is 0 Å². The lowest BCUT2D eigenvalue weighted by molar-refractivity contribution is -0.142. The second-order valence-electron chi connectivity index (χ2n) is 4.44. The van der Waals surface area contributed by atoms with Crippen LogP contribution in [-0.2, 0) is 29.2 Å². The van der Waals surface area contributed by atoms with Crippen LogP contribution >= 0.6 is 0 Å². The molecule has 0 radical (unpaired) electrons. The van der Waals surface area contributed by atoms with Gasteiger partial charge in [-0.1, -0.05) is 6.92 Å². The fraction of sp³-hybridized carbons (Fsp3) is 0.462. The minimum Gasteiger partial charge on any atom is -0.465 e. The monoisotopic (exact) mass is 334 g/mol. The molecule has 8 heteroatoms. The molecule has 0 spiro atoms. The highest BCUT2D eigenvalue weighted by molar-refractivity contribution is 7.92. The first-order chi connectivity index (χ1) is 9.64. The summed E-state index contributed by atoms with van der Waals surface area (Å²) < 4.78 is 52.3. The highest BCUT2D eigenvalue weighted by Crippen LogP contribution is 2.21. The third-order valence-corrected chi connectivity index (χ3v) is 6.21. The molecule has 0 aromatic heterocycles. The van der Waals surface area contributed by atoms with E-state index in [1.807, 2.05) is 0 Å². The second kappa shape index (κ2) is 6.57. The Morgan fingerprint density at radius 1 is 1.05 bits per heavy atom. The van der Waals surface area contributed by atoms with Crippen LogP contribution in [0.25, 0.3) is 0 Å². The molecule has 1 aromatic carbocycles. The van der Waals surface area contributed by atoms with E-state index in [0.29, 0.717) is 0 Å². The Balaban J connectivity index is 3.21. The van der Waals surface area contributed by atoms with Crippen LogP contribution in [0.5, 0.6) is 0 Å². The van der Waals surface area contributed by atoms with E-state index in [1.165, 1.54) is 24.3 Å². The van der Waals surface area contributed by atoms with Gasteiger partial charge in [0.05, 0.1) is 16.4 Å². The average Bonchev–Trinajstić information content (AvgIpc) is 2.38. The van der Waals surface area contributed by atoms with E-state index in [2.05, 4.69) is 0 Å². The summed E-state index contributed by atoms with van der Waals surface area (Å²) in [6.45, 7) is 3.26. The number of carbonyl (C=O) groups excluding carboxylic acids is 1. The van der Waals surface area contributed by atoms with Crippen molar-refractivity contribution in [2.75, 3.05) is 12.9 Å². The summed E-state index contributed by atoms with van der Waals surface area (Å²) in [5, 5.41) is -1.29. The van der Waals surface area contributed by atoms with Gasteiger partial charge in [-0.15, -0.1) is 0 Å². The Bertz CT molecular complexity index is 702. The number of hydrogen-bond acceptors (Lipinski definition) is 6. The zero-order chi connectivity index (χ0) is 16.3. The molecule has 0 N–H and O–H groups in total. The van der Waals surface area contributed by atoms with E-state index in [9.17, 15) is 21.6 Å². The summed E-state index contributed by atoms with van der Waals surface area (Å²) in [6, 6.07) is 4.79. The SMILES string of the molecule is CCOC(=O)C(CC)S(=O)(=O)c1ccc(S(C)(=O)=O)cc1. The number of sulfone groups is 2. The smallest absolute Gasteiger partial charge is 0.324 e. The van der Waals surface area contributed by atoms with Gasteiger partial charge < -0.3 is 4.74 Å². The Morgan fingerprint density at radius 3 is 1.90 bits per heavy atom. The summed E-state index contributed by atoms with van der Waals surface area (Å²) in [5.41, 5.74) is 0. The Morgan fingerprint density at radius 2 is 1.52 bits per heavy atom. The molecular formula is C13H18O6S2. The average molecular weight is 334 g/mol. The van der Waals surface area contributed by atoms with Crippen LogP contribution in [-0.4, -0.2) is 40.9 Å². The van der Waals surface area contributed by atoms with E-state index in [4.69, 9.17) is 4.74 Å². The Kier molecular flexibility index (Phi) is 5.52. The van der Waals surface area contributed by atoms with Gasteiger partial charge in [0.25, 0.3) is 0 Å². The van der Waals surface area contributed by atoms with Gasteiger partial charge in [0, 0.05) is 6.26 Å². The molecule has 0 saturated heterocycles. The van der Waals surface area contributed by atoms with Crippen LogP contribution in [0.15, 0.2) is 34.1 Å². The molecule has 0 heterocycles. The molecule has 1 rings (SSSR count). The fourth-order valence-electron chi connectivity index (χ4n) is 1.79. The molecule has 0 aliphatic carbocycles. The van der Waals surface area contributed by atoms with Crippen LogP contribution < -0.4 is 0 Å². The van der Waals surface area contributed by atoms with Gasteiger partial charge in [-0.3, -0.25) is 4.79 Å². The van der Waals surface area contributed by atoms with E-state index in [-0.39, 0.29) is 22.8 Å². The van der Waals surface area contributed by atoms with Crippen molar-refractivity contribution in [3.05, 3.63) is 24.3 Å². The first kappa shape index (κ1) is 17.6. The van der Waals surface area contributed by atoms with Crippen molar-refractivity contribution in [2.24, 2.45) is 0 Å². The minimum atomic E-state index is -3.90. The van der Waals surface area contributed by atoms with E-state index in [0.717, 1.165) is 6.26 Å². The number of rotatable bonds is 6. The standard InChI is InChI=1S/C13H18O6S2/c1-4-12(13(14)19-5-2)21(17,18)11-8-6-10(7-9-11)20(3,15)16/h6-9,12H,4-5H2,1-3H3. The summed E-state index contributed by atoms with van der Waals surface area (Å²) in [5.74, 6) is -0.799. The highest BCUT2D eigenvalue weighted by Gasteiger charge is 2.33. The minimum absolute atomic E-state index is 0.0191. The topological polar surface area (TPSA) is 94.6 Å². The zero-order valence-electron chi connectivity index (χ0n) is 12.1. The molecule has 1 unspecified atom stereocenters. The van der Waals surface area contributed by atoms with E-state index >= 15 is 0 Å². The van der Waals surface area contributed by atoms with Crippen LogP contribution in [0.3, 0.4) is 0 Å². The summed E-state index contributed by atoms with van der Waals surface area (Å²) in [4.78, 5) is 11.6. The predicted octanol–water partition coefficient (Wildman–Crippen LogP) is 1.21. The van der Waals surface area contributed by atoms with Crippen molar-refractivity contribution in [3.8, 4) is 0 Å². The Labute approximate surface area is 125 Å². The maximum Gasteiger partial charge on any atom is 0.324 e. The highest BCUT2D eigenvalue weighted by atomic mass is 32.2. The van der Waals surface area contributed by atoms with Crippen molar-refractivity contribution < 1.29 is 26.4 Å². The lowest BCUT2D eigenvalue weighted by Gasteiger charge is -2.14. The molecular weight excluding hydrogens is 316 g/mol. The number of benzene rings is 1. The van der Waals surface area contributed by atoms with Crippen molar-refractivity contribution >= 4 is 25.6 Å². The summed E-state index contributed by atoms with van der Waals surface area (Å²) in [7, 11) is -7.31. The van der Waals surface area contributed by atoms with Crippen molar-refractivity contribution in [2.45, 2.75) is 35.3 Å². The molecule has 0 fully saturated rings. The lowest BCUT2D eigenvalue weighted by atomic mass is 10.3. The molecule has 1 atom stereocenters. The van der Waals surface area contributed by atoms with Crippen LogP contribution in [0.4, 0.5) is 0 Å². The van der Waals surface area contributed by atoms with Gasteiger partial charge >= 0.3 is 5.97 Å². The van der Waals surface area contributed by atoms with E-state index in [1.54, 1.807) is 13.8 Å². The van der Waals surface area contributed by atoms with Crippen LogP contribution in [0.1, 0.15) is 20.3 Å². The molecule has 0 amide bonds. The fourth-order valence-corrected chi connectivity index (χ4v) is 4.02. The van der Waals surface area contributed by atoms with Crippen molar-refractivity contribution in [1.29, 1.82) is 0 Å². The van der Waals surface area contributed by atoms with Crippen LogP contribution in [0.2, 0.25) is 0 Å². The number of hydrogen-bond donors (Lipinski definition) is 0. The quantitative estimate of drug-likeness (QED) is 0.726. The maximum atomic E-state index is 12.4. The van der Waals surface area contributed by atoms with Gasteiger partial charge in [0.15, 0.2) is 24.9 Å². The number of esters is 1. The van der Waals surface area contributed by atoms with Gasteiger partial charge in [0.2, 0.25) is 0 Å². The number of carbonyl (C=O) groups is 1. The third-order valence-electron chi connectivity index (χ3n) is 2.88. The molecule has 118 valence electrons. The molecule has 0 aliphatic rings. The van der Waals surface area contributed by atoms with Gasteiger partial charge in [-0.25, -0.2) is 16.8 Å². The molecule has 0 aliphatic heterocycles. The first-order valence-electron chi connectivity index (χ1n) is 6.35. The zero-order valence-corrected chi connectivity index (χ0v) is 13.7. The molecule has 21 heavy (non-hydrogen) atoms. The summed E-state index contributed by atoms with van der Waals surface area (Å²) in [6.07, 6.45) is 1.11. The number of ether oxygens (including phenoxy) is 1. The van der Waals surface area contributed by atoms with Gasteiger partial charge in [-0.2, -0.15) is 0 Å². The maximum absolute atomic E-state index is 12.4. The second-order valence-corrected chi connectivity index (χ2v) is 8.58. The molecule has 6 nitrogen and oxygen atoms in total. The predicted molar refractivity (Wildman–Crippen MR) is 77.4 cm³/mol. The normalized spacial score (nSPS) is 13.7. The molecule has 0 saturated carbocycles. The van der Waals surface area contributed by atoms with Gasteiger partial charge in [0.1, 0.15) is 0 Å².